The number of anilines is 5. The minimum atomic E-state index is -2.75. The molecule has 1 aliphatic rings. The molecule has 1 saturated heterocycles. The second-order valence-corrected chi connectivity index (χ2v) is 14.7. The van der Waals surface area contributed by atoms with Crippen LogP contribution in [0, 0.1) is 6.42 Å². The molecule has 11 nitrogen and oxygen atoms in total. The molecule has 221 valence electrons. The van der Waals surface area contributed by atoms with Crippen LogP contribution in [0.2, 0.25) is 0 Å². The van der Waals surface area contributed by atoms with Crippen LogP contribution in [-0.4, -0.2) is 63.2 Å². The lowest BCUT2D eigenvalue weighted by atomic mass is 10.0. The Kier molecular flexibility index (Phi) is 8.07. The second kappa shape index (κ2) is 11.9. The fourth-order valence-electron chi connectivity index (χ4n) is 5.31. The van der Waals surface area contributed by atoms with E-state index in [1.165, 1.54) is 0 Å². The van der Waals surface area contributed by atoms with Crippen molar-refractivity contribution < 1.29 is 9.30 Å². The average molecular weight is 662 g/mol. The molecule has 2 N–H and O–H groups in total. The summed E-state index contributed by atoms with van der Waals surface area (Å²) in [6, 6.07) is 7.84. The molecule has 0 atom stereocenters. The summed E-state index contributed by atoms with van der Waals surface area (Å²) >= 11 is 3.57. The van der Waals surface area contributed by atoms with Crippen molar-refractivity contribution in [3.05, 3.63) is 66.1 Å². The molecule has 0 bridgehead atoms. The van der Waals surface area contributed by atoms with Crippen molar-refractivity contribution in [1.29, 1.82) is 0 Å². The summed E-state index contributed by atoms with van der Waals surface area (Å²) in [5.41, 5.74) is 5.78. The standard InChI is InChI=1S/C30H32BrN9O2P/c1-39-18-19(16-35-39)20-14-24(26(42-2)15-25(20)40-12-6-5-7-13-40)37-30-34-17-21(31)29(38-30)36-23-9-8-22-27(33-11-10-32-22)28(23)43(3,4)41/h5,8-11,14-18H,6-7,12-13H2,1-4H3,(H2,34,36,37,38). The third-order valence-electron chi connectivity index (χ3n) is 7.28. The largest absolute Gasteiger partial charge is 0.494 e. The van der Waals surface area contributed by atoms with Crippen LogP contribution in [0.1, 0.15) is 12.8 Å². The number of benzene rings is 2. The van der Waals surface area contributed by atoms with Crippen LogP contribution in [0.5, 0.6) is 5.75 Å². The number of fused-ring (bicyclic) bond motifs is 1. The van der Waals surface area contributed by atoms with Crippen molar-refractivity contribution in [3.8, 4) is 16.9 Å². The van der Waals surface area contributed by atoms with Crippen LogP contribution in [0.3, 0.4) is 0 Å². The van der Waals surface area contributed by atoms with Crippen LogP contribution in [0.25, 0.3) is 22.2 Å². The van der Waals surface area contributed by atoms with Gasteiger partial charge in [-0.3, -0.25) is 14.6 Å². The Morgan fingerprint density at radius 3 is 2.51 bits per heavy atom. The zero-order valence-electron chi connectivity index (χ0n) is 24.4. The molecule has 4 heterocycles. The monoisotopic (exact) mass is 660 g/mol. The molecule has 6 rings (SSSR count). The van der Waals surface area contributed by atoms with Crippen LogP contribution in [-0.2, 0) is 11.6 Å². The normalized spacial score (nSPS) is 13.7. The van der Waals surface area contributed by atoms with E-state index in [9.17, 15) is 4.57 Å². The molecule has 1 radical (unpaired) electrons. The van der Waals surface area contributed by atoms with Gasteiger partial charge in [0.05, 0.1) is 40.0 Å². The summed E-state index contributed by atoms with van der Waals surface area (Å²) in [4.78, 5) is 20.5. The number of aromatic nitrogens is 6. The second-order valence-electron chi connectivity index (χ2n) is 10.7. The number of aryl methyl sites for hydroxylation is 1. The summed E-state index contributed by atoms with van der Waals surface area (Å²) in [6.07, 6.45) is 13.2. The van der Waals surface area contributed by atoms with E-state index in [1.54, 1.807) is 43.7 Å². The summed E-state index contributed by atoms with van der Waals surface area (Å²) in [5.74, 6) is 1.54. The van der Waals surface area contributed by atoms with Gasteiger partial charge in [0.25, 0.3) is 0 Å². The molecule has 13 heteroatoms. The minimum absolute atomic E-state index is 0.361. The van der Waals surface area contributed by atoms with Crippen molar-refractivity contribution in [2.24, 2.45) is 7.05 Å². The summed E-state index contributed by atoms with van der Waals surface area (Å²) in [6.45, 7) is 5.33. The topological polar surface area (TPSA) is 123 Å². The first-order valence-corrected chi connectivity index (χ1v) is 17.2. The van der Waals surface area contributed by atoms with Crippen LogP contribution >= 0.6 is 23.1 Å². The van der Waals surface area contributed by atoms with E-state index >= 15 is 0 Å². The van der Waals surface area contributed by atoms with Crippen LogP contribution < -0.4 is 25.6 Å². The summed E-state index contributed by atoms with van der Waals surface area (Å²) in [7, 11) is 0.821. The van der Waals surface area contributed by atoms with E-state index < -0.39 is 7.14 Å². The van der Waals surface area contributed by atoms with Crippen molar-refractivity contribution in [3.63, 3.8) is 0 Å². The Morgan fingerprint density at radius 2 is 1.79 bits per heavy atom. The first-order valence-electron chi connectivity index (χ1n) is 13.8. The summed E-state index contributed by atoms with van der Waals surface area (Å²) in [5, 5.41) is 11.7. The Balaban J connectivity index is 1.38. The maximum Gasteiger partial charge on any atom is 0.229 e. The number of methoxy groups -OCH3 is 1. The van der Waals surface area contributed by atoms with Crippen LogP contribution in [0.15, 0.2) is 59.7 Å². The van der Waals surface area contributed by atoms with Gasteiger partial charge >= 0.3 is 0 Å². The van der Waals surface area contributed by atoms with E-state index in [0.29, 0.717) is 44.0 Å². The van der Waals surface area contributed by atoms with Crippen molar-refractivity contribution in [2.75, 3.05) is 49.1 Å². The molecule has 2 aromatic carbocycles. The van der Waals surface area contributed by atoms with Crippen LogP contribution in [0.4, 0.5) is 28.8 Å². The van der Waals surface area contributed by atoms with Crippen molar-refractivity contribution >= 4 is 68.2 Å². The van der Waals surface area contributed by atoms with Gasteiger partial charge in [-0.15, -0.1) is 0 Å². The van der Waals surface area contributed by atoms with Gasteiger partial charge in [0.15, 0.2) is 0 Å². The molecular formula is C30H32BrN9O2P. The summed E-state index contributed by atoms with van der Waals surface area (Å²) < 4.78 is 21.7. The average Bonchev–Trinajstić information content (AvgIpc) is 3.44. The van der Waals surface area contributed by atoms with E-state index in [-0.39, 0.29) is 0 Å². The maximum atomic E-state index is 13.4. The molecule has 0 amide bonds. The molecule has 1 aliphatic heterocycles. The Labute approximate surface area is 258 Å². The van der Waals surface area contributed by atoms with E-state index in [4.69, 9.17) is 9.72 Å². The number of hydrogen-bond acceptors (Lipinski definition) is 10. The molecular weight excluding hydrogens is 629 g/mol. The highest BCUT2D eigenvalue weighted by Crippen LogP contribution is 2.43. The zero-order chi connectivity index (χ0) is 30.1. The van der Waals surface area contributed by atoms with Crippen molar-refractivity contribution in [1.82, 2.24) is 29.7 Å². The smallest absolute Gasteiger partial charge is 0.229 e. The molecule has 5 aromatic rings. The lowest BCUT2D eigenvalue weighted by Gasteiger charge is -2.31. The number of nitrogens with zero attached hydrogens (tertiary/aromatic N) is 7. The number of piperidine rings is 1. The minimum Gasteiger partial charge on any atom is -0.494 e. The van der Waals surface area contributed by atoms with Gasteiger partial charge in [-0.1, -0.05) is 0 Å². The fourth-order valence-corrected chi connectivity index (χ4v) is 6.99. The van der Waals surface area contributed by atoms with E-state index in [2.05, 4.69) is 70.1 Å². The first-order chi connectivity index (χ1) is 20.7. The third-order valence-corrected chi connectivity index (χ3v) is 9.39. The fraction of sp³-hybridized carbons (Fsp3) is 0.267. The highest BCUT2D eigenvalue weighted by Gasteiger charge is 2.23. The van der Waals surface area contributed by atoms with Crippen molar-refractivity contribution in [2.45, 2.75) is 12.8 Å². The first kappa shape index (κ1) is 29.1. The highest BCUT2D eigenvalue weighted by atomic mass is 79.9. The Bertz CT molecular complexity index is 1850. The SMILES string of the molecule is COc1cc(N2CC[CH]CC2)c(-c2cnn(C)c2)cc1Nc1ncc(Br)c(Nc2ccc3nccnc3c2P(C)(C)=O)n1. The van der Waals surface area contributed by atoms with E-state index in [1.807, 2.05) is 31.6 Å². The number of rotatable bonds is 8. The molecule has 0 saturated carbocycles. The van der Waals surface area contributed by atoms with Gasteiger partial charge < -0.3 is 24.8 Å². The predicted molar refractivity (Wildman–Crippen MR) is 176 cm³/mol. The molecule has 0 spiro atoms. The number of hydrogen-bond donors (Lipinski definition) is 2. The number of ether oxygens (including phenoxy) is 1. The molecule has 1 fully saturated rings. The van der Waals surface area contributed by atoms with Gasteiger partial charge in [-0.05, 0) is 66.7 Å². The highest BCUT2D eigenvalue weighted by molar-refractivity contribution is 9.10. The van der Waals surface area contributed by atoms with E-state index in [0.717, 1.165) is 48.4 Å². The zero-order valence-corrected chi connectivity index (χ0v) is 26.9. The molecule has 0 aliphatic carbocycles. The molecule has 3 aromatic heterocycles. The van der Waals surface area contributed by atoms with Gasteiger partial charge in [-0.25, -0.2) is 4.98 Å². The molecule has 43 heavy (non-hydrogen) atoms. The Morgan fingerprint density at radius 1 is 1.00 bits per heavy atom. The Hall–Kier alpha value is -4.02. The quantitative estimate of drug-likeness (QED) is 0.188. The lowest BCUT2D eigenvalue weighted by Crippen LogP contribution is -2.30. The maximum absolute atomic E-state index is 13.4. The lowest BCUT2D eigenvalue weighted by molar-refractivity contribution is 0.416. The third kappa shape index (κ3) is 6.07. The predicted octanol–water partition coefficient (Wildman–Crippen LogP) is 6.13. The van der Waals surface area contributed by atoms with Gasteiger partial charge in [0, 0.05) is 67.8 Å². The van der Waals surface area contributed by atoms with Gasteiger partial charge in [0.2, 0.25) is 5.95 Å². The van der Waals surface area contributed by atoms with Gasteiger partial charge in [-0.2, -0.15) is 10.1 Å². The molecule has 0 unspecified atom stereocenters. The number of nitrogens with one attached hydrogen (secondary N) is 2. The van der Waals surface area contributed by atoms with Gasteiger partial charge in [0.1, 0.15) is 24.2 Å². The number of halogens is 1.